The van der Waals surface area contributed by atoms with Crippen molar-refractivity contribution in [3.8, 4) is 0 Å². The molecular weight excluding hydrogens is 174 g/mol. The molecule has 0 aromatic rings. The Morgan fingerprint density at radius 1 is 1.55 bits per heavy atom. The van der Waals surface area contributed by atoms with Gasteiger partial charge in [0, 0.05) is 6.42 Å². The van der Waals surface area contributed by atoms with E-state index < -0.39 is 17.6 Å². The van der Waals surface area contributed by atoms with Gasteiger partial charge in [0.2, 0.25) is 0 Å². The van der Waals surface area contributed by atoms with E-state index in [1.165, 1.54) is 0 Å². The zero-order valence-corrected chi connectivity index (χ0v) is 7.29. The maximum absolute atomic E-state index is 12.4. The molecule has 11 heavy (non-hydrogen) atoms. The highest BCUT2D eigenvalue weighted by atomic mass is 35.5. The number of hydrogen-bond acceptors (Lipinski definition) is 1. The lowest BCUT2D eigenvalue weighted by atomic mass is 10.1. The molecule has 0 amide bonds. The normalized spacial score (nSPS) is 12.2. The third kappa shape index (κ3) is 4.30. The van der Waals surface area contributed by atoms with Crippen LogP contribution in [0.4, 0.5) is 8.78 Å². The second-order valence-corrected chi connectivity index (χ2v) is 3.25. The summed E-state index contributed by atoms with van der Waals surface area (Å²) in [6, 6.07) is 0. The van der Waals surface area contributed by atoms with Crippen LogP contribution >= 0.6 is 11.6 Å². The van der Waals surface area contributed by atoms with Crippen molar-refractivity contribution in [2.24, 2.45) is 5.92 Å². The molecule has 0 radical (unpaired) electrons. The molecule has 0 aromatic heterocycles. The van der Waals surface area contributed by atoms with Crippen molar-refractivity contribution in [2.75, 3.05) is 0 Å². The smallest absolute Gasteiger partial charge is 0.274 e. The molecule has 0 aliphatic carbocycles. The molecule has 0 saturated heterocycles. The lowest BCUT2D eigenvalue weighted by molar-refractivity contribution is -0.135. The van der Waals surface area contributed by atoms with Crippen LogP contribution in [0, 0.1) is 5.92 Å². The standard InChI is InChI=1S/C7H11ClF2O/c1-5(2)3-4-7(9,10)6(8)11/h5H,3-4H2,1-2H3. The lowest BCUT2D eigenvalue weighted by Crippen LogP contribution is -2.24. The lowest BCUT2D eigenvalue weighted by Gasteiger charge is -2.11. The molecular formula is C7H11ClF2O. The van der Waals surface area contributed by atoms with Crippen molar-refractivity contribution in [2.45, 2.75) is 32.6 Å². The van der Waals surface area contributed by atoms with E-state index in [2.05, 4.69) is 11.6 Å². The van der Waals surface area contributed by atoms with E-state index in [4.69, 9.17) is 0 Å². The van der Waals surface area contributed by atoms with Crippen LogP contribution in [0.5, 0.6) is 0 Å². The second kappa shape index (κ2) is 4.00. The molecule has 0 saturated carbocycles. The minimum absolute atomic E-state index is 0.164. The predicted molar refractivity (Wildman–Crippen MR) is 39.9 cm³/mol. The van der Waals surface area contributed by atoms with Gasteiger partial charge in [-0.15, -0.1) is 0 Å². The molecule has 4 heteroatoms. The van der Waals surface area contributed by atoms with E-state index in [1.54, 1.807) is 0 Å². The Bertz CT molecular complexity index is 145. The molecule has 0 N–H and O–H groups in total. The molecule has 0 rings (SSSR count). The number of halogens is 3. The molecule has 0 atom stereocenters. The van der Waals surface area contributed by atoms with Gasteiger partial charge in [-0.2, -0.15) is 8.78 Å². The van der Waals surface area contributed by atoms with E-state index in [0.717, 1.165) is 0 Å². The Hall–Kier alpha value is -0.180. The summed E-state index contributed by atoms with van der Waals surface area (Å²) in [5.74, 6) is -3.18. The summed E-state index contributed by atoms with van der Waals surface area (Å²) < 4.78 is 24.9. The summed E-state index contributed by atoms with van der Waals surface area (Å²) in [7, 11) is 0. The molecule has 0 unspecified atom stereocenters. The van der Waals surface area contributed by atoms with Crippen molar-refractivity contribution in [1.82, 2.24) is 0 Å². The number of carbonyl (C=O) groups excluding carboxylic acids is 1. The Morgan fingerprint density at radius 2 is 2.00 bits per heavy atom. The van der Waals surface area contributed by atoms with Crippen LogP contribution in [0.1, 0.15) is 26.7 Å². The topological polar surface area (TPSA) is 17.1 Å². The summed E-state index contributed by atoms with van der Waals surface area (Å²) in [6.45, 7) is 3.63. The van der Waals surface area contributed by atoms with Gasteiger partial charge < -0.3 is 0 Å². The molecule has 66 valence electrons. The van der Waals surface area contributed by atoms with Gasteiger partial charge in [0.05, 0.1) is 0 Å². The Morgan fingerprint density at radius 3 is 2.27 bits per heavy atom. The average Bonchev–Trinajstić information content (AvgIpc) is 1.84. The summed E-state index contributed by atoms with van der Waals surface area (Å²) in [4.78, 5) is 10.1. The fraction of sp³-hybridized carbons (Fsp3) is 0.857. The van der Waals surface area contributed by atoms with Crippen LogP contribution in [-0.2, 0) is 4.79 Å². The van der Waals surface area contributed by atoms with Crippen LogP contribution in [0.15, 0.2) is 0 Å². The minimum Gasteiger partial charge on any atom is -0.274 e. The van der Waals surface area contributed by atoms with Crippen molar-refractivity contribution < 1.29 is 13.6 Å². The van der Waals surface area contributed by atoms with Gasteiger partial charge in [-0.05, 0) is 23.9 Å². The maximum atomic E-state index is 12.4. The molecule has 1 nitrogen and oxygen atoms in total. The van der Waals surface area contributed by atoms with Crippen LogP contribution in [0.25, 0.3) is 0 Å². The zero-order chi connectivity index (χ0) is 9.07. The number of hydrogen-bond donors (Lipinski definition) is 0. The van der Waals surface area contributed by atoms with Gasteiger partial charge in [-0.25, -0.2) is 0 Å². The highest BCUT2D eigenvalue weighted by Gasteiger charge is 2.36. The first-order valence-corrected chi connectivity index (χ1v) is 3.82. The van der Waals surface area contributed by atoms with E-state index in [9.17, 15) is 13.6 Å². The SMILES string of the molecule is CC(C)CCC(F)(F)C(=O)Cl. The largest absolute Gasteiger partial charge is 0.320 e. The average molecular weight is 185 g/mol. The van der Waals surface area contributed by atoms with E-state index in [0.29, 0.717) is 6.42 Å². The molecule has 0 bridgehead atoms. The van der Waals surface area contributed by atoms with Gasteiger partial charge in [0.15, 0.2) is 0 Å². The molecule has 0 spiro atoms. The highest BCUT2D eigenvalue weighted by Crippen LogP contribution is 2.25. The van der Waals surface area contributed by atoms with E-state index in [1.807, 2.05) is 13.8 Å². The molecule has 0 aliphatic heterocycles. The van der Waals surface area contributed by atoms with Crippen LogP contribution in [0.3, 0.4) is 0 Å². The fourth-order valence-electron chi connectivity index (χ4n) is 0.568. The van der Waals surface area contributed by atoms with Crippen molar-refractivity contribution >= 4 is 16.8 Å². The second-order valence-electron chi connectivity index (χ2n) is 2.91. The monoisotopic (exact) mass is 184 g/mol. The molecule has 0 aromatic carbocycles. The minimum atomic E-state index is -3.34. The van der Waals surface area contributed by atoms with Gasteiger partial charge >= 0.3 is 5.92 Å². The summed E-state index contributed by atoms with van der Waals surface area (Å²) in [5.41, 5.74) is 0. The van der Waals surface area contributed by atoms with E-state index in [-0.39, 0.29) is 5.92 Å². The van der Waals surface area contributed by atoms with Gasteiger partial charge in [-0.3, -0.25) is 4.79 Å². The number of carbonyl (C=O) groups is 1. The predicted octanol–water partition coefficient (Wildman–Crippen LogP) is 2.82. The quantitative estimate of drug-likeness (QED) is 0.614. The highest BCUT2D eigenvalue weighted by molar-refractivity contribution is 6.65. The summed E-state index contributed by atoms with van der Waals surface area (Å²) in [5, 5.41) is -1.56. The maximum Gasteiger partial charge on any atom is 0.320 e. The first kappa shape index (κ1) is 10.8. The van der Waals surface area contributed by atoms with Crippen LogP contribution in [-0.4, -0.2) is 11.2 Å². The van der Waals surface area contributed by atoms with Crippen LogP contribution in [0.2, 0.25) is 0 Å². The van der Waals surface area contributed by atoms with Crippen molar-refractivity contribution in [3.63, 3.8) is 0 Å². The van der Waals surface area contributed by atoms with Gasteiger partial charge in [-0.1, -0.05) is 13.8 Å². The third-order valence-corrected chi connectivity index (χ3v) is 1.60. The first-order chi connectivity index (χ1) is 4.86. The van der Waals surface area contributed by atoms with E-state index >= 15 is 0 Å². The first-order valence-electron chi connectivity index (χ1n) is 3.44. The molecule has 0 heterocycles. The fourth-order valence-corrected chi connectivity index (χ4v) is 0.663. The zero-order valence-electron chi connectivity index (χ0n) is 6.53. The van der Waals surface area contributed by atoms with Crippen LogP contribution < -0.4 is 0 Å². The Labute approximate surface area is 69.7 Å². The Balaban J connectivity index is 3.83. The molecule has 0 aliphatic rings. The summed E-state index contributed by atoms with van der Waals surface area (Å²) >= 11 is 4.66. The third-order valence-electron chi connectivity index (χ3n) is 1.32. The van der Waals surface area contributed by atoms with Gasteiger partial charge in [0.1, 0.15) is 0 Å². The number of rotatable bonds is 4. The Kier molecular flexibility index (Phi) is 3.93. The van der Waals surface area contributed by atoms with Crippen molar-refractivity contribution in [3.05, 3.63) is 0 Å². The molecule has 0 fully saturated rings. The number of alkyl halides is 2. The van der Waals surface area contributed by atoms with Crippen molar-refractivity contribution in [1.29, 1.82) is 0 Å². The van der Waals surface area contributed by atoms with Gasteiger partial charge in [0.25, 0.3) is 5.24 Å². The summed E-state index contributed by atoms with van der Waals surface area (Å²) in [6.07, 6.45) is -0.140.